The number of hydrogen-bond donors (Lipinski definition) is 1. The monoisotopic (exact) mass is 222 g/mol. The minimum Gasteiger partial charge on any atom is -0.481 e. The molecule has 0 aromatic carbocycles. The van der Waals surface area contributed by atoms with E-state index in [-0.39, 0.29) is 12.1 Å². The number of fused-ring (bicyclic) bond motifs is 1. The van der Waals surface area contributed by atoms with E-state index < -0.39 is 5.97 Å². The van der Waals surface area contributed by atoms with Gasteiger partial charge in [0, 0.05) is 25.4 Å². The van der Waals surface area contributed by atoms with Crippen LogP contribution in [0.15, 0.2) is 23.4 Å². The van der Waals surface area contributed by atoms with Gasteiger partial charge in [0.2, 0.25) is 0 Å². The molecule has 0 bridgehead atoms. The predicted molar refractivity (Wildman–Crippen MR) is 54.1 cm³/mol. The Bertz CT molecular complexity index is 571. The van der Waals surface area contributed by atoms with E-state index in [0.29, 0.717) is 18.6 Å². The molecule has 0 fully saturated rings. The normalized spacial score (nSPS) is 10.8. The van der Waals surface area contributed by atoms with E-state index in [1.807, 2.05) is 0 Å². The molecule has 0 saturated heterocycles. The van der Waals surface area contributed by atoms with Gasteiger partial charge in [-0.2, -0.15) is 0 Å². The number of hydrogen-bond acceptors (Lipinski definition) is 4. The molecule has 0 aliphatic heterocycles. The quantitative estimate of drug-likeness (QED) is 0.770. The Morgan fingerprint density at radius 3 is 3.00 bits per heavy atom. The Morgan fingerprint density at radius 1 is 1.50 bits per heavy atom. The highest BCUT2D eigenvalue weighted by Gasteiger charge is 2.06. The molecular weight excluding hydrogens is 212 g/mol. The van der Waals surface area contributed by atoms with Crippen molar-refractivity contribution < 1.29 is 9.90 Å². The lowest BCUT2D eigenvalue weighted by Gasteiger charge is -1.95. The molecule has 0 unspecified atom stereocenters. The average Bonchev–Trinajstić information content (AvgIpc) is 2.56. The van der Waals surface area contributed by atoms with Crippen molar-refractivity contribution in [2.24, 2.45) is 0 Å². The number of rotatable bonds is 4. The van der Waals surface area contributed by atoms with Gasteiger partial charge in [0.15, 0.2) is 5.65 Å². The molecule has 0 radical (unpaired) electrons. The molecule has 84 valence electrons. The first-order chi connectivity index (χ1) is 7.68. The second kappa shape index (κ2) is 4.13. The van der Waals surface area contributed by atoms with Crippen molar-refractivity contribution >= 4 is 11.6 Å². The van der Waals surface area contributed by atoms with Crippen LogP contribution in [-0.4, -0.2) is 30.2 Å². The summed E-state index contributed by atoms with van der Waals surface area (Å²) in [7, 11) is 0. The molecule has 0 aliphatic rings. The summed E-state index contributed by atoms with van der Waals surface area (Å²) in [5.41, 5.74) is 0.186. The fourth-order valence-electron chi connectivity index (χ4n) is 1.41. The van der Waals surface area contributed by atoms with Crippen molar-refractivity contribution in [3.05, 3.63) is 29.1 Å². The lowest BCUT2D eigenvalue weighted by Crippen LogP contribution is -2.21. The van der Waals surface area contributed by atoms with Gasteiger partial charge in [-0.3, -0.25) is 9.78 Å². The van der Waals surface area contributed by atoms with Crippen molar-refractivity contribution in [1.82, 2.24) is 19.2 Å². The molecule has 7 nitrogen and oxygen atoms in total. The number of aliphatic carboxylic acids is 1. The number of carboxylic acids is 1. The maximum Gasteiger partial charge on any atom is 0.350 e. The van der Waals surface area contributed by atoms with Crippen LogP contribution in [0.1, 0.15) is 12.8 Å². The van der Waals surface area contributed by atoms with Crippen LogP contribution < -0.4 is 5.69 Å². The van der Waals surface area contributed by atoms with Gasteiger partial charge in [-0.1, -0.05) is 0 Å². The molecule has 0 aliphatic carbocycles. The van der Waals surface area contributed by atoms with E-state index >= 15 is 0 Å². The Balaban J connectivity index is 2.22. The third-order valence-corrected chi connectivity index (χ3v) is 2.15. The summed E-state index contributed by atoms with van der Waals surface area (Å²) in [6.45, 7) is 0.298. The van der Waals surface area contributed by atoms with Crippen LogP contribution in [0.5, 0.6) is 0 Å². The molecule has 0 amide bonds. The number of carbonyl (C=O) groups is 1. The molecule has 2 aromatic heterocycles. The number of aromatic nitrogens is 4. The zero-order valence-electron chi connectivity index (χ0n) is 8.41. The summed E-state index contributed by atoms with van der Waals surface area (Å²) in [5, 5.41) is 12.5. The second-order valence-corrected chi connectivity index (χ2v) is 3.31. The van der Waals surface area contributed by atoms with Crippen LogP contribution in [-0.2, 0) is 11.3 Å². The van der Waals surface area contributed by atoms with E-state index in [0.717, 1.165) is 0 Å². The Morgan fingerprint density at radius 2 is 2.31 bits per heavy atom. The lowest BCUT2D eigenvalue weighted by atomic mass is 10.3. The molecule has 1 N–H and O–H groups in total. The van der Waals surface area contributed by atoms with E-state index in [1.54, 1.807) is 0 Å². The summed E-state index contributed by atoms with van der Waals surface area (Å²) in [6, 6.07) is 0. The Labute approximate surface area is 90.0 Å². The van der Waals surface area contributed by atoms with Gasteiger partial charge in [-0.05, 0) is 6.42 Å². The first-order valence-electron chi connectivity index (χ1n) is 4.79. The molecule has 7 heteroatoms. The van der Waals surface area contributed by atoms with Gasteiger partial charge >= 0.3 is 11.7 Å². The third kappa shape index (κ3) is 1.92. The van der Waals surface area contributed by atoms with Gasteiger partial charge in [0.25, 0.3) is 0 Å². The van der Waals surface area contributed by atoms with Crippen LogP contribution in [0.4, 0.5) is 0 Å². The molecule has 16 heavy (non-hydrogen) atoms. The Kier molecular flexibility index (Phi) is 2.67. The molecule has 2 rings (SSSR count). The fraction of sp³-hybridized carbons (Fsp3) is 0.333. The van der Waals surface area contributed by atoms with Crippen molar-refractivity contribution in [3.8, 4) is 0 Å². The van der Waals surface area contributed by atoms with Gasteiger partial charge in [0.05, 0.1) is 6.20 Å². The third-order valence-electron chi connectivity index (χ3n) is 2.15. The maximum atomic E-state index is 11.7. The van der Waals surface area contributed by atoms with E-state index in [2.05, 4.69) is 10.1 Å². The minimum absolute atomic E-state index is 0.0264. The van der Waals surface area contributed by atoms with Crippen LogP contribution in [0, 0.1) is 0 Å². The van der Waals surface area contributed by atoms with Crippen LogP contribution in [0.2, 0.25) is 0 Å². The van der Waals surface area contributed by atoms with Crippen LogP contribution >= 0.6 is 0 Å². The zero-order chi connectivity index (χ0) is 11.5. The smallest absolute Gasteiger partial charge is 0.350 e. The topological polar surface area (TPSA) is 89.5 Å². The van der Waals surface area contributed by atoms with Crippen LogP contribution in [0.25, 0.3) is 5.65 Å². The molecule has 2 heterocycles. The molecule has 0 spiro atoms. The van der Waals surface area contributed by atoms with Crippen LogP contribution in [0.3, 0.4) is 0 Å². The first kappa shape index (κ1) is 10.3. The second-order valence-electron chi connectivity index (χ2n) is 3.31. The van der Waals surface area contributed by atoms with Crippen molar-refractivity contribution in [3.63, 3.8) is 0 Å². The largest absolute Gasteiger partial charge is 0.481 e. The Hall–Kier alpha value is -2.18. The summed E-state index contributed by atoms with van der Waals surface area (Å²) in [4.78, 5) is 25.9. The zero-order valence-corrected chi connectivity index (χ0v) is 8.41. The summed E-state index contributed by atoms with van der Waals surface area (Å²) in [6.07, 6.45) is 4.91. The maximum absolute atomic E-state index is 11.7. The lowest BCUT2D eigenvalue weighted by molar-refractivity contribution is -0.137. The number of carboxylic acid groups (broad SMARTS) is 1. The predicted octanol–water partition coefficient (Wildman–Crippen LogP) is -0.244. The van der Waals surface area contributed by atoms with Crippen molar-refractivity contribution in [1.29, 1.82) is 0 Å². The highest BCUT2D eigenvalue weighted by Crippen LogP contribution is 1.95. The van der Waals surface area contributed by atoms with Gasteiger partial charge in [-0.15, -0.1) is 5.10 Å². The number of nitrogens with zero attached hydrogens (tertiary/aromatic N) is 4. The molecule has 0 saturated carbocycles. The SMILES string of the molecule is O=C(O)CCCn1nc2cnccn2c1=O. The van der Waals surface area contributed by atoms with E-state index in [9.17, 15) is 9.59 Å². The van der Waals surface area contributed by atoms with E-state index in [4.69, 9.17) is 5.11 Å². The highest BCUT2D eigenvalue weighted by molar-refractivity contribution is 5.66. The summed E-state index contributed by atoms with van der Waals surface area (Å²) >= 11 is 0. The molecule has 0 atom stereocenters. The first-order valence-corrected chi connectivity index (χ1v) is 4.79. The van der Waals surface area contributed by atoms with Crippen molar-refractivity contribution in [2.45, 2.75) is 19.4 Å². The summed E-state index contributed by atoms with van der Waals surface area (Å²) < 4.78 is 2.62. The average molecular weight is 222 g/mol. The minimum atomic E-state index is -0.876. The number of aryl methyl sites for hydroxylation is 1. The highest BCUT2D eigenvalue weighted by atomic mass is 16.4. The molecular formula is C9H10N4O3. The standard InChI is InChI=1S/C9H10N4O3/c14-8(15)2-1-4-13-9(16)12-5-3-10-6-7(12)11-13/h3,5-6H,1-2,4H2,(H,14,15). The summed E-state index contributed by atoms with van der Waals surface area (Å²) in [5.74, 6) is -0.876. The van der Waals surface area contributed by atoms with E-state index in [1.165, 1.54) is 27.7 Å². The van der Waals surface area contributed by atoms with Crippen molar-refractivity contribution in [2.75, 3.05) is 0 Å². The van der Waals surface area contributed by atoms with Gasteiger partial charge < -0.3 is 5.11 Å². The molecule has 2 aromatic rings. The van der Waals surface area contributed by atoms with Gasteiger partial charge in [-0.25, -0.2) is 13.9 Å². The van der Waals surface area contributed by atoms with Gasteiger partial charge in [0.1, 0.15) is 0 Å². The fourth-order valence-corrected chi connectivity index (χ4v) is 1.41.